The summed E-state index contributed by atoms with van der Waals surface area (Å²) in [6.07, 6.45) is 11.9. The summed E-state index contributed by atoms with van der Waals surface area (Å²) in [7, 11) is 2.06. The molecular formula is C32H31FN8O. The molecule has 1 aliphatic rings. The average molecular weight is 563 g/mol. The number of urea groups is 1. The van der Waals surface area contributed by atoms with Crippen LogP contribution in [0.25, 0.3) is 50.0 Å². The molecule has 1 fully saturated rings. The van der Waals surface area contributed by atoms with Crippen molar-refractivity contribution in [2.45, 2.75) is 0 Å². The Hall–Kier alpha value is -5.09. The number of rotatable bonds is 7. The molecule has 2 amide bonds. The Kier molecular flexibility index (Phi) is 7.61. The number of pyridine rings is 2. The Morgan fingerprint density at radius 3 is 2.74 bits per heavy atom. The fraction of sp³-hybridized carbons (Fsp3) is 0.188. The first-order chi connectivity index (χ1) is 20.5. The number of aromatic amines is 2. The topological polar surface area (TPSA) is 106 Å². The molecule has 0 radical (unpaired) electrons. The molecular weight excluding hydrogens is 531 g/mol. The van der Waals surface area contributed by atoms with Crippen molar-refractivity contribution in [3.8, 4) is 22.5 Å². The number of nitrogens with one attached hydrogen (secondary N) is 3. The van der Waals surface area contributed by atoms with E-state index in [1.165, 1.54) is 6.08 Å². The van der Waals surface area contributed by atoms with Crippen LogP contribution in [0.2, 0.25) is 0 Å². The van der Waals surface area contributed by atoms with E-state index in [0.29, 0.717) is 24.4 Å². The van der Waals surface area contributed by atoms with Gasteiger partial charge in [-0.15, -0.1) is 0 Å². The summed E-state index contributed by atoms with van der Waals surface area (Å²) >= 11 is 0. The van der Waals surface area contributed by atoms with E-state index in [9.17, 15) is 9.18 Å². The summed E-state index contributed by atoms with van der Waals surface area (Å²) in [5.41, 5.74) is 7.28. The number of hydrogen-bond donors (Lipinski definition) is 3. The summed E-state index contributed by atoms with van der Waals surface area (Å²) in [5.74, 6) is 0. The van der Waals surface area contributed by atoms with Gasteiger partial charge in [-0.3, -0.25) is 10.1 Å². The van der Waals surface area contributed by atoms with E-state index in [4.69, 9.17) is 0 Å². The first kappa shape index (κ1) is 27.1. The van der Waals surface area contributed by atoms with Gasteiger partial charge in [0.05, 0.1) is 17.6 Å². The number of allylic oxidation sites excluding steroid dienone is 5. The number of H-pyrrole nitrogens is 2. The summed E-state index contributed by atoms with van der Waals surface area (Å²) in [6.45, 7) is 6.79. The average Bonchev–Trinajstić information content (AvgIpc) is 3.63. The number of fused-ring (bicyclic) bond motifs is 2. The molecule has 9 nitrogen and oxygen atoms in total. The number of alkyl halides is 1. The second-order valence-electron chi connectivity index (χ2n) is 10.3. The van der Waals surface area contributed by atoms with Gasteiger partial charge in [-0.25, -0.2) is 14.2 Å². The standard InChI is InChI=1S/C32H31FN8O/c1-21(7-4-3-5-10-33)25-8-6-9-28-26(25)17-29(37-28)30-27-16-23(19-35-31(27)39-38-30)22-15-24(20-34-18-22)36-32(42)41-13-11-40(2)12-14-41/h3-9,15-20,37H,1,10-14H2,2H3,(H,36,42)(H,35,38,39)/b5-3-,7-4-. The minimum Gasteiger partial charge on any atom is -0.353 e. The normalized spacial score (nSPS) is 14.5. The molecule has 5 aromatic rings. The number of halogens is 1. The molecule has 0 bridgehead atoms. The molecule has 42 heavy (non-hydrogen) atoms. The van der Waals surface area contributed by atoms with Gasteiger partial charge in [-0.1, -0.05) is 43.0 Å². The highest BCUT2D eigenvalue weighted by molar-refractivity contribution is 6.00. The molecule has 6 rings (SSSR count). The van der Waals surface area contributed by atoms with E-state index >= 15 is 0 Å². The van der Waals surface area contributed by atoms with Crippen LogP contribution in [0, 0.1) is 0 Å². The monoisotopic (exact) mass is 562 g/mol. The molecule has 3 N–H and O–H groups in total. The van der Waals surface area contributed by atoms with Crippen LogP contribution >= 0.6 is 0 Å². The van der Waals surface area contributed by atoms with Crippen LogP contribution in [-0.2, 0) is 0 Å². The Balaban J connectivity index is 1.28. The number of hydrogen-bond acceptors (Lipinski definition) is 5. The van der Waals surface area contributed by atoms with Crippen molar-refractivity contribution < 1.29 is 9.18 Å². The highest BCUT2D eigenvalue weighted by Crippen LogP contribution is 2.33. The van der Waals surface area contributed by atoms with Gasteiger partial charge in [-0.05, 0) is 42.4 Å². The van der Waals surface area contributed by atoms with Gasteiger partial charge in [0.25, 0.3) is 0 Å². The van der Waals surface area contributed by atoms with Crippen LogP contribution in [0.3, 0.4) is 0 Å². The van der Waals surface area contributed by atoms with Crippen LogP contribution in [0.15, 0.2) is 85.9 Å². The molecule has 5 heterocycles. The Labute approximate surface area is 242 Å². The van der Waals surface area contributed by atoms with E-state index in [1.807, 2.05) is 41.3 Å². The number of nitrogens with zero attached hydrogens (tertiary/aromatic N) is 5. The van der Waals surface area contributed by atoms with Crippen molar-refractivity contribution in [2.24, 2.45) is 0 Å². The predicted molar refractivity (Wildman–Crippen MR) is 166 cm³/mol. The largest absolute Gasteiger partial charge is 0.353 e. The SMILES string of the molecule is C=C(/C=C\C=C/CF)c1cccc2[nH]c(-c3n[nH]c4ncc(-c5cncc(NC(=O)N6CCN(C)CC6)c5)cc34)cc12. The van der Waals surface area contributed by atoms with Crippen LogP contribution < -0.4 is 5.32 Å². The van der Waals surface area contributed by atoms with Crippen molar-refractivity contribution >= 4 is 39.2 Å². The van der Waals surface area contributed by atoms with Gasteiger partial charge < -0.3 is 20.1 Å². The molecule has 212 valence electrons. The minimum absolute atomic E-state index is 0.125. The lowest BCUT2D eigenvalue weighted by molar-refractivity contribution is 0.164. The van der Waals surface area contributed by atoms with Crippen LogP contribution in [0.4, 0.5) is 14.9 Å². The van der Waals surface area contributed by atoms with Crippen LogP contribution in [0.1, 0.15) is 5.56 Å². The Morgan fingerprint density at radius 1 is 1.07 bits per heavy atom. The summed E-state index contributed by atoms with van der Waals surface area (Å²) in [5, 5.41) is 12.4. The summed E-state index contributed by atoms with van der Waals surface area (Å²) in [6, 6.07) is 11.8. The molecule has 1 saturated heterocycles. The molecule has 4 aromatic heterocycles. The van der Waals surface area contributed by atoms with E-state index in [0.717, 1.165) is 63.0 Å². The lowest BCUT2D eigenvalue weighted by Crippen LogP contribution is -2.48. The number of anilines is 1. The maximum atomic E-state index is 12.8. The van der Waals surface area contributed by atoms with Gasteiger partial charge in [0.15, 0.2) is 5.65 Å². The van der Waals surface area contributed by atoms with E-state index in [1.54, 1.807) is 30.7 Å². The molecule has 1 aliphatic heterocycles. The number of piperazine rings is 1. The Morgan fingerprint density at radius 2 is 1.90 bits per heavy atom. The van der Waals surface area contributed by atoms with Gasteiger partial charge in [0.2, 0.25) is 0 Å². The molecule has 10 heteroatoms. The predicted octanol–water partition coefficient (Wildman–Crippen LogP) is 6.04. The van der Waals surface area contributed by atoms with Crippen molar-refractivity contribution in [3.05, 3.63) is 91.4 Å². The van der Waals surface area contributed by atoms with Crippen LogP contribution in [-0.4, -0.2) is 80.9 Å². The van der Waals surface area contributed by atoms with Gasteiger partial charge in [-0.2, -0.15) is 5.10 Å². The molecule has 0 aliphatic carbocycles. The Bertz CT molecular complexity index is 1830. The molecule has 0 spiro atoms. The molecule has 0 saturated carbocycles. The fourth-order valence-corrected chi connectivity index (χ4v) is 5.10. The number of benzene rings is 1. The van der Waals surface area contributed by atoms with Crippen molar-refractivity contribution in [1.82, 2.24) is 34.9 Å². The van der Waals surface area contributed by atoms with Crippen molar-refractivity contribution in [3.63, 3.8) is 0 Å². The third-order valence-electron chi connectivity index (χ3n) is 7.43. The van der Waals surface area contributed by atoms with E-state index in [-0.39, 0.29) is 6.03 Å². The first-order valence-corrected chi connectivity index (χ1v) is 13.7. The third kappa shape index (κ3) is 5.57. The van der Waals surface area contributed by atoms with E-state index < -0.39 is 6.67 Å². The number of likely N-dealkylation sites (N-methyl/N-ethyl adjacent to an activating group) is 1. The summed E-state index contributed by atoms with van der Waals surface area (Å²) in [4.78, 5) is 29.3. The highest BCUT2D eigenvalue weighted by atomic mass is 19.1. The summed E-state index contributed by atoms with van der Waals surface area (Å²) < 4.78 is 12.4. The van der Waals surface area contributed by atoms with Gasteiger partial charge in [0.1, 0.15) is 12.4 Å². The second-order valence-corrected chi connectivity index (χ2v) is 10.3. The van der Waals surface area contributed by atoms with Crippen molar-refractivity contribution in [2.75, 3.05) is 45.2 Å². The lowest BCUT2D eigenvalue weighted by atomic mass is 10.0. The van der Waals surface area contributed by atoms with E-state index in [2.05, 4.69) is 55.1 Å². The van der Waals surface area contributed by atoms with Crippen molar-refractivity contribution in [1.29, 1.82) is 0 Å². The number of carbonyl (C=O) groups is 1. The molecule has 0 atom stereocenters. The molecule has 1 aromatic carbocycles. The lowest BCUT2D eigenvalue weighted by Gasteiger charge is -2.32. The van der Waals surface area contributed by atoms with Crippen LogP contribution in [0.5, 0.6) is 0 Å². The maximum absolute atomic E-state index is 12.8. The number of aromatic nitrogens is 5. The number of amides is 2. The van der Waals surface area contributed by atoms with Gasteiger partial charge in [0, 0.05) is 66.0 Å². The first-order valence-electron chi connectivity index (χ1n) is 13.7. The second kappa shape index (κ2) is 11.8. The quantitative estimate of drug-likeness (QED) is 0.210. The highest BCUT2D eigenvalue weighted by Gasteiger charge is 2.19. The number of carbonyl (C=O) groups excluding carboxylic acids is 1. The molecule has 0 unspecified atom stereocenters. The third-order valence-corrected chi connectivity index (χ3v) is 7.43. The zero-order chi connectivity index (χ0) is 29.1. The maximum Gasteiger partial charge on any atom is 0.321 e. The van der Waals surface area contributed by atoms with Gasteiger partial charge >= 0.3 is 6.03 Å². The minimum atomic E-state index is -0.503. The zero-order valence-electron chi connectivity index (χ0n) is 23.3. The fourth-order valence-electron chi connectivity index (χ4n) is 5.10. The zero-order valence-corrected chi connectivity index (χ0v) is 23.3. The smallest absolute Gasteiger partial charge is 0.321 e.